The predicted octanol–water partition coefficient (Wildman–Crippen LogP) is 1.76. The number of ether oxygens (including phenoxy) is 1. The van der Waals surface area contributed by atoms with Crippen LogP contribution in [0.25, 0.3) is 0 Å². The maximum Gasteiger partial charge on any atom is 0.293 e. The summed E-state index contributed by atoms with van der Waals surface area (Å²) in [6, 6.07) is 4.21. The molecular weight excluding hydrogens is 254 g/mol. The number of aromatic nitrogens is 1. The first-order chi connectivity index (χ1) is 9.42. The summed E-state index contributed by atoms with van der Waals surface area (Å²) in [6.07, 6.45) is 1.93. The molecule has 1 N–H and O–H groups in total. The van der Waals surface area contributed by atoms with E-state index in [0.29, 0.717) is 6.47 Å². The molecule has 1 aromatic heterocycles. The van der Waals surface area contributed by atoms with Crippen molar-refractivity contribution in [2.75, 3.05) is 31.1 Å². The summed E-state index contributed by atoms with van der Waals surface area (Å²) < 4.78 is 4.55. The number of carbonyl (C=O) groups is 1. The van der Waals surface area contributed by atoms with Gasteiger partial charge in [0.2, 0.25) is 0 Å². The average molecular weight is 279 g/mol. The number of nitrogens with zero attached hydrogens (tertiary/aromatic N) is 2. The van der Waals surface area contributed by atoms with Crippen LogP contribution in [0, 0.1) is 6.92 Å². The molecule has 1 fully saturated rings. The minimum absolute atomic E-state index is 0.318. The number of piperazine rings is 1. The van der Waals surface area contributed by atoms with Gasteiger partial charge in [-0.25, -0.2) is 4.98 Å². The predicted molar refractivity (Wildman–Crippen MR) is 81.0 cm³/mol. The molecule has 0 aliphatic carbocycles. The lowest BCUT2D eigenvalue weighted by Crippen LogP contribution is -2.43. The fraction of sp³-hybridized carbons (Fsp3) is 0.600. The van der Waals surface area contributed by atoms with Gasteiger partial charge in [-0.15, -0.1) is 0 Å². The van der Waals surface area contributed by atoms with Crippen LogP contribution in [0.1, 0.15) is 26.3 Å². The number of nitrogens with one attached hydrogen (secondary N) is 1. The maximum absolute atomic E-state index is 9.60. The van der Waals surface area contributed by atoms with Gasteiger partial charge in [-0.05, 0) is 39.3 Å². The van der Waals surface area contributed by atoms with Crippen LogP contribution in [-0.4, -0.2) is 43.2 Å². The third kappa shape index (κ3) is 6.52. The largest absolute Gasteiger partial charge is 0.462 e. The van der Waals surface area contributed by atoms with Crippen molar-refractivity contribution in [3.05, 3.63) is 23.9 Å². The zero-order valence-corrected chi connectivity index (χ0v) is 12.8. The highest BCUT2D eigenvalue weighted by Gasteiger charge is 2.10. The van der Waals surface area contributed by atoms with Crippen LogP contribution in [0.15, 0.2) is 18.3 Å². The Balaban J connectivity index is 0.000000246. The fourth-order valence-electron chi connectivity index (χ4n) is 1.69. The van der Waals surface area contributed by atoms with E-state index in [1.807, 2.05) is 27.0 Å². The van der Waals surface area contributed by atoms with Crippen LogP contribution in [0.3, 0.4) is 0 Å². The smallest absolute Gasteiger partial charge is 0.293 e. The Morgan fingerprint density at radius 3 is 2.35 bits per heavy atom. The van der Waals surface area contributed by atoms with E-state index in [2.05, 4.69) is 39.0 Å². The van der Waals surface area contributed by atoms with Gasteiger partial charge in [0.1, 0.15) is 11.4 Å². The summed E-state index contributed by atoms with van der Waals surface area (Å²) in [4.78, 5) is 16.3. The van der Waals surface area contributed by atoms with Crippen molar-refractivity contribution in [2.24, 2.45) is 0 Å². The number of aryl methyl sites for hydroxylation is 1. The van der Waals surface area contributed by atoms with Gasteiger partial charge in [-0.2, -0.15) is 0 Å². The Kier molecular flexibility index (Phi) is 6.45. The third-order valence-corrected chi connectivity index (χ3v) is 2.74. The lowest BCUT2D eigenvalue weighted by Gasteiger charge is -2.28. The molecule has 2 rings (SSSR count). The maximum atomic E-state index is 9.60. The average Bonchev–Trinajstić information content (AvgIpc) is 2.40. The van der Waals surface area contributed by atoms with Crippen LogP contribution in [0.2, 0.25) is 0 Å². The highest BCUT2D eigenvalue weighted by atomic mass is 16.5. The number of pyridine rings is 1. The zero-order chi connectivity index (χ0) is 15.0. The first kappa shape index (κ1) is 16.4. The Bertz CT molecular complexity index is 393. The zero-order valence-electron chi connectivity index (χ0n) is 12.8. The standard InChI is InChI=1S/C10H15N3.C5H10O2/c1-9-2-3-10(12-8-9)13-6-4-11-5-7-13;1-5(2,3)7-4-6/h2-3,8,11H,4-7H2,1H3;4H,1-3H3. The summed E-state index contributed by atoms with van der Waals surface area (Å²) in [5, 5.41) is 3.33. The molecule has 0 bridgehead atoms. The van der Waals surface area contributed by atoms with Crippen molar-refractivity contribution in [1.29, 1.82) is 0 Å². The minimum atomic E-state index is -0.318. The molecule has 1 saturated heterocycles. The summed E-state index contributed by atoms with van der Waals surface area (Å²) >= 11 is 0. The molecule has 0 aromatic carbocycles. The van der Waals surface area contributed by atoms with Gasteiger partial charge in [-0.1, -0.05) is 6.07 Å². The minimum Gasteiger partial charge on any atom is -0.462 e. The highest BCUT2D eigenvalue weighted by Crippen LogP contribution is 2.10. The van der Waals surface area contributed by atoms with E-state index in [1.54, 1.807) is 0 Å². The van der Waals surface area contributed by atoms with Crippen LogP contribution < -0.4 is 10.2 Å². The van der Waals surface area contributed by atoms with E-state index in [9.17, 15) is 4.79 Å². The van der Waals surface area contributed by atoms with Gasteiger partial charge >= 0.3 is 0 Å². The third-order valence-electron chi connectivity index (χ3n) is 2.74. The number of anilines is 1. The summed E-state index contributed by atoms with van der Waals surface area (Å²) in [5.41, 5.74) is 0.903. The second-order valence-electron chi connectivity index (χ2n) is 5.76. The lowest BCUT2D eigenvalue weighted by molar-refractivity contribution is -0.138. The monoisotopic (exact) mass is 279 g/mol. The van der Waals surface area contributed by atoms with E-state index in [-0.39, 0.29) is 5.60 Å². The van der Waals surface area contributed by atoms with Crippen LogP contribution >= 0.6 is 0 Å². The lowest BCUT2D eigenvalue weighted by atomic mass is 10.2. The Labute approximate surface area is 121 Å². The summed E-state index contributed by atoms with van der Waals surface area (Å²) in [7, 11) is 0. The van der Waals surface area contributed by atoms with E-state index in [4.69, 9.17) is 0 Å². The summed E-state index contributed by atoms with van der Waals surface area (Å²) in [5.74, 6) is 1.10. The van der Waals surface area contributed by atoms with Gasteiger partial charge in [0.25, 0.3) is 6.47 Å². The number of rotatable bonds is 2. The van der Waals surface area contributed by atoms with Crippen molar-refractivity contribution in [2.45, 2.75) is 33.3 Å². The summed E-state index contributed by atoms with van der Waals surface area (Å²) in [6.45, 7) is 12.2. The van der Waals surface area contributed by atoms with Crippen molar-refractivity contribution >= 4 is 12.3 Å². The van der Waals surface area contributed by atoms with Gasteiger partial charge in [0, 0.05) is 32.4 Å². The quantitative estimate of drug-likeness (QED) is 0.836. The van der Waals surface area contributed by atoms with Crippen LogP contribution in [0.5, 0.6) is 0 Å². The normalized spacial score (nSPS) is 15.1. The van der Waals surface area contributed by atoms with Crippen molar-refractivity contribution in [3.63, 3.8) is 0 Å². The molecule has 1 aliphatic heterocycles. The van der Waals surface area contributed by atoms with E-state index in [1.165, 1.54) is 5.56 Å². The molecule has 0 unspecified atom stereocenters. The van der Waals surface area contributed by atoms with E-state index < -0.39 is 0 Å². The van der Waals surface area contributed by atoms with Crippen molar-refractivity contribution < 1.29 is 9.53 Å². The van der Waals surface area contributed by atoms with E-state index in [0.717, 1.165) is 32.0 Å². The Morgan fingerprint density at radius 2 is 1.95 bits per heavy atom. The molecule has 112 valence electrons. The van der Waals surface area contributed by atoms with E-state index >= 15 is 0 Å². The van der Waals surface area contributed by atoms with Gasteiger partial charge in [0.05, 0.1) is 0 Å². The fourth-order valence-corrected chi connectivity index (χ4v) is 1.69. The molecule has 20 heavy (non-hydrogen) atoms. The van der Waals surface area contributed by atoms with Crippen LogP contribution in [0.4, 0.5) is 5.82 Å². The van der Waals surface area contributed by atoms with Gasteiger partial charge in [-0.3, -0.25) is 4.79 Å². The Morgan fingerprint density at radius 1 is 1.30 bits per heavy atom. The number of carbonyl (C=O) groups excluding carboxylic acids is 1. The van der Waals surface area contributed by atoms with Gasteiger partial charge < -0.3 is 15.0 Å². The molecule has 0 spiro atoms. The number of hydrogen-bond acceptors (Lipinski definition) is 5. The van der Waals surface area contributed by atoms with Crippen molar-refractivity contribution in [3.8, 4) is 0 Å². The highest BCUT2D eigenvalue weighted by molar-refractivity contribution is 5.39. The molecule has 1 aliphatic rings. The second-order valence-corrected chi connectivity index (χ2v) is 5.76. The Hall–Kier alpha value is -1.62. The molecule has 2 heterocycles. The molecule has 5 nitrogen and oxygen atoms in total. The van der Waals surface area contributed by atoms with Crippen molar-refractivity contribution in [1.82, 2.24) is 10.3 Å². The molecule has 0 saturated carbocycles. The molecule has 5 heteroatoms. The first-order valence-corrected chi connectivity index (χ1v) is 6.92. The molecule has 0 atom stereocenters. The first-order valence-electron chi connectivity index (χ1n) is 6.92. The SMILES string of the molecule is CC(C)(C)OC=O.Cc1ccc(N2CCNCC2)nc1. The molecular formula is C15H25N3O2. The molecule has 1 aromatic rings. The van der Waals surface area contributed by atoms with Crippen LogP contribution in [-0.2, 0) is 9.53 Å². The second kappa shape index (κ2) is 7.85. The molecule has 0 radical (unpaired) electrons. The molecule has 0 amide bonds. The number of hydrogen-bond donors (Lipinski definition) is 1. The van der Waals surface area contributed by atoms with Gasteiger partial charge in [0.15, 0.2) is 0 Å². The topological polar surface area (TPSA) is 54.5 Å².